The van der Waals surface area contributed by atoms with Crippen molar-refractivity contribution >= 4 is 28.3 Å². The lowest BCUT2D eigenvalue weighted by molar-refractivity contribution is 0.0903. The second kappa shape index (κ2) is 11.9. The third-order valence-corrected chi connectivity index (χ3v) is 10.1. The fourth-order valence-electron chi connectivity index (χ4n) is 6.19. The molecule has 10 heteroatoms. The molecule has 218 valence electrons. The molecule has 3 aromatic rings. The number of nitrogens with zero attached hydrogens (tertiary/aromatic N) is 6. The Morgan fingerprint density at radius 1 is 1.20 bits per heavy atom. The van der Waals surface area contributed by atoms with E-state index in [0.717, 1.165) is 104 Å². The molecular formula is C31H41N7O2S. The van der Waals surface area contributed by atoms with Crippen molar-refractivity contribution in [2.45, 2.75) is 62.4 Å². The summed E-state index contributed by atoms with van der Waals surface area (Å²) in [4.78, 5) is 15.2. The average molecular weight is 576 g/mol. The van der Waals surface area contributed by atoms with Gasteiger partial charge in [0.2, 0.25) is 5.95 Å². The Morgan fingerprint density at radius 3 is 2.71 bits per heavy atom. The Morgan fingerprint density at radius 2 is 1.98 bits per heavy atom. The summed E-state index contributed by atoms with van der Waals surface area (Å²) < 4.78 is 20.2. The summed E-state index contributed by atoms with van der Waals surface area (Å²) in [6.45, 7) is 10.5. The van der Waals surface area contributed by atoms with Crippen LogP contribution in [0.25, 0.3) is 5.70 Å². The van der Waals surface area contributed by atoms with Crippen LogP contribution in [-0.4, -0.2) is 74.0 Å². The lowest BCUT2D eigenvalue weighted by atomic mass is 9.88. The number of nitrogens with one attached hydrogen (secondary N) is 1. The minimum absolute atomic E-state index is 0.299. The fraction of sp³-hybridized carbons (Fsp3) is 0.516. The molecule has 1 aromatic carbocycles. The van der Waals surface area contributed by atoms with E-state index in [9.17, 15) is 4.21 Å². The van der Waals surface area contributed by atoms with Crippen LogP contribution >= 0.6 is 0 Å². The lowest BCUT2D eigenvalue weighted by Crippen LogP contribution is -2.35. The lowest BCUT2D eigenvalue weighted by Gasteiger charge is -2.33. The first-order valence-electron chi connectivity index (χ1n) is 14.7. The quantitative estimate of drug-likeness (QED) is 0.426. The molecule has 9 nitrogen and oxygen atoms in total. The van der Waals surface area contributed by atoms with E-state index >= 15 is 0 Å². The van der Waals surface area contributed by atoms with E-state index in [4.69, 9.17) is 14.7 Å². The van der Waals surface area contributed by atoms with Gasteiger partial charge in [-0.2, -0.15) is 10.1 Å². The molecule has 1 atom stereocenters. The van der Waals surface area contributed by atoms with Gasteiger partial charge in [-0.1, -0.05) is 24.8 Å². The van der Waals surface area contributed by atoms with Crippen LogP contribution < -0.4 is 10.2 Å². The number of fused-ring (bicyclic) bond motifs is 1. The zero-order valence-corrected chi connectivity index (χ0v) is 25.3. The van der Waals surface area contributed by atoms with E-state index in [0.29, 0.717) is 17.7 Å². The van der Waals surface area contributed by atoms with Crippen molar-refractivity contribution in [3.8, 4) is 0 Å². The fourth-order valence-corrected chi connectivity index (χ4v) is 7.51. The molecule has 2 saturated heterocycles. The zero-order valence-electron chi connectivity index (χ0n) is 24.4. The number of rotatable bonds is 8. The first-order valence-corrected chi connectivity index (χ1v) is 16.1. The standard InChI is InChI=1S/C31H41N7O2S/c1-21-19-37(4)35-28(21)20-36(3)22(2)24-6-5-7-25(18-24)23-8-13-38(14-9-23)31-33-27-12-17-41(39)29(27)30(34-31)32-26-10-15-40-16-11-26/h5-7,18-19,23,26H,2,8-17,20H2,1,3-4H3,(H,32,33,34). The van der Waals surface area contributed by atoms with Gasteiger partial charge < -0.3 is 19.9 Å². The maximum atomic E-state index is 12.8. The van der Waals surface area contributed by atoms with Crippen molar-refractivity contribution in [2.75, 3.05) is 49.3 Å². The van der Waals surface area contributed by atoms with E-state index in [-0.39, 0.29) is 0 Å². The number of aryl methyl sites for hydroxylation is 3. The second-order valence-electron chi connectivity index (χ2n) is 11.6. The van der Waals surface area contributed by atoms with Gasteiger partial charge in [0.05, 0.1) is 28.7 Å². The molecule has 3 aliphatic heterocycles. The molecule has 2 aromatic heterocycles. The molecule has 0 radical (unpaired) electrons. The van der Waals surface area contributed by atoms with Crippen LogP contribution in [0.15, 0.2) is 41.9 Å². The van der Waals surface area contributed by atoms with Gasteiger partial charge in [0.25, 0.3) is 0 Å². The summed E-state index contributed by atoms with van der Waals surface area (Å²) in [5.41, 5.74) is 6.73. The number of benzene rings is 1. The molecular weight excluding hydrogens is 534 g/mol. The molecule has 0 saturated carbocycles. The summed E-state index contributed by atoms with van der Waals surface area (Å²) in [6, 6.07) is 9.16. The summed E-state index contributed by atoms with van der Waals surface area (Å²) in [5.74, 6) is 2.65. The van der Waals surface area contributed by atoms with Crippen LogP contribution in [0.3, 0.4) is 0 Å². The largest absolute Gasteiger partial charge is 0.381 e. The van der Waals surface area contributed by atoms with Gasteiger partial charge in [0.1, 0.15) is 10.7 Å². The number of ether oxygens (including phenoxy) is 1. The monoisotopic (exact) mass is 575 g/mol. The van der Waals surface area contributed by atoms with Crippen molar-refractivity contribution < 1.29 is 8.95 Å². The predicted octanol–water partition coefficient (Wildman–Crippen LogP) is 4.26. The molecule has 0 amide bonds. The zero-order chi connectivity index (χ0) is 28.5. The van der Waals surface area contributed by atoms with E-state index in [1.165, 1.54) is 11.1 Å². The van der Waals surface area contributed by atoms with Gasteiger partial charge in [-0.25, -0.2) is 4.98 Å². The molecule has 5 heterocycles. The molecule has 3 aliphatic rings. The van der Waals surface area contributed by atoms with Crippen LogP contribution in [0.4, 0.5) is 11.8 Å². The van der Waals surface area contributed by atoms with Gasteiger partial charge in [-0.05, 0) is 61.3 Å². The van der Waals surface area contributed by atoms with Gasteiger partial charge in [0.15, 0.2) is 0 Å². The SMILES string of the molecule is C=C(c1cccc(C2CCN(c3nc4c(c(NC5CCOCC5)n3)S(=O)CC4)CC2)c1)N(C)Cc1nn(C)cc1C. The van der Waals surface area contributed by atoms with E-state index in [1.54, 1.807) is 0 Å². The van der Waals surface area contributed by atoms with E-state index in [1.807, 2.05) is 11.7 Å². The van der Waals surface area contributed by atoms with Crippen molar-refractivity contribution in [3.63, 3.8) is 0 Å². The van der Waals surface area contributed by atoms with Gasteiger partial charge in [-0.15, -0.1) is 0 Å². The third kappa shape index (κ3) is 6.04. The summed E-state index contributed by atoms with van der Waals surface area (Å²) in [6.07, 6.45) is 6.76. The molecule has 0 spiro atoms. The van der Waals surface area contributed by atoms with Crippen LogP contribution in [0.2, 0.25) is 0 Å². The minimum atomic E-state index is -1.03. The number of anilines is 2. The number of piperidine rings is 1. The van der Waals surface area contributed by atoms with E-state index in [2.05, 4.69) is 71.2 Å². The Hall–Kier alpha value is -3.24. The van der Waals surface area contributed by atoms with Crippen LogP contribution in [0.5, 0.6) is 0 Å². The highest BCUT2D eigenvalue weighted by atomic mass is 32.2. The summed E-state index contributed by atoms with van der Waals surface area (Å²) in [5, 5.41) is 8.20. The number of aromatic nitrogens is 4. The average Bonchev–Trinajstić information content (AvgIpc) is 3.53. The highest BCUT2D eigenvalue weighted by Crippen LogP contribution is 2.35. The Labute approximate surface area is 245 Å². The molecule has 2 fully saturated rings. The Balaban J connectivity index is 1.12. The molecule has 41 heavy (non-hydrogen) atoms. The van der Waals surface area contributed by atoms with Crippen molar-refractivity contribution in [3.05, 3.63) is 65.1 Å². The molecule has 1 N–H and O–H groups in total. The second-order valence-corrected chi connectivity index (χ2v) is 13.1. The summed E-state index contributed by atoms with van der Waals surface area (Å²) >= 11 is 0. The van der Waals surface area contributed by atoms with Crippen LogP contribution in [0.1, 0.15) is 59.7 Å². The maximum Gasteiger partial charge on any atom is 0.227 e. The summed E-state index contributed by atoms with van der Waals surface area (Å²) in [7, 11) is 3.01. The third-order valence-electron chi connectivity index (χ3n) is 8.67. The van der Waals surface area contributed by atoms with E-state index < -0.39 is 10.8 Å². The normalized spacial score (nSPS) is 19.8. The van der Waals surface area contributed by atoms with Crippen molar-refractivity contribution in [2.24, 2.45) is 7.05 Å². The topological polar surface area (TPSA) is 88.4 Å². The first kappa shape index (κ1) is 27.9. The Kier molecular flexibility index (Phi) is 8.12. The highest BCUT2D eigenvalue weighted by molar-refractivity contribution is 7.85. The van der Waals surface area contributed by atoms with Crippen LogP contribution in [0, 0.1) is 6.92 Å². The molecule has 6 rings (SSSR count). The molecule has 0 aliphatic carbocycles. The minimum Gasteiger partial charge on any atom is -0.381 e. The number of hydrogen-bond donors (Lipinski definition) is 1. The first-order chi connectivity index (χ1) is 19.9. The van der Waals surface area contributed by atoms with Gasteiger partial charge in [0, 0.05) is 70.5 Å². The number of hydrogen-bond acceptors (Lipinski definition) is 8. The van der Waals surface area contributed by atoms with Gasteiger partial charge in [-0.3, -0.25) is 8.89 Å². The van der Waals surface area contributed by atoms with Crippen molar-refractivity contribution in [1.82, 2.24) is 24.6 Å². The predicted molar refractivity (Wildman–Crippen MR) is 164 cm³/mol. The Bertz CT molecular complexity index is 1440. The smallest absolute Gasteiger partial charge is 0.227 e. The maximum absolute atomic E-state index is 12.8. The van der Waals surface area contributed by atoms with Crippen LogP contribution in [-0.2, 0) is 35.5 Å². The van der Waals surface area contributed by atoms with Crippen molar-refractivity contribution in [1.29, 1.82) is 0 Å². The molecule has 0 bridgehead atoms. The molecule has 1 unspecified atom stereocenters. The highest BCUT2D eigenvalue weighted by Gasteiger charge is 2.30. The van der Waals surface area contributed by atoms with Gasteiger partial charge >= 0.3 is 0 Å².